The first-order valence-corrected chi connectivity index (χ1v) is 8.91. The summed E-state index contributed by atoms with van der Waals surface area (Å²) in [6.45, 7) is 8.16. The van der Waals surface area contributed by atoms with Crippen LogP contribution in [0, 0.1) is 0 Å². The molecule has 5 nitrogen and oxygen atoms in total. The van der Waals surface area contributed by atoms with Crippen molar-refractivity contribution in [1.82, 2.24) is 4.90 Å². The summed E-state index contributed by atoms with van der Waals surface area (Å²) in [7, 11) is 0. The summed E-state index contributed by atoms with van der Waals surface area (Å²) < 4.78 is 11.6. The van der Waals surface area contributed by atoms with Gasteiger partial charge < -0.3 is 14.4 Å². The maximum atomic E-state index is 12.6. The Hall–Kier alpha value is -1.88. The molecule has 1 aliphatic rings. The maximum absolute atomic E-state index is 12.6. The first-order valence-electron chi connectivity index (χ1n) is 8.91. The minimum absolute atomic E-state index is 0.0498. The van der Waals surface area contributed by atoms with Crippen LogP contribution in [0.3, 0.4) is 0 Å². The van der Waals surface area contributed by atoms with Crippen molar-refractivity contribution in [2.24, 2.45) is 0 Å². The van der Waals surface area contributed by atoms with Crippen LogP contribution in [0.1, 0.15) is 52.5 Å². The Morgan fingerprint density at radius 3 is 2.48 bits per heavy atom. The third kappa shape index (κ3) is 6.16. The summed E-state index contributed by atoms with van der Waals surface area (Å²) >= 11 is 0. The summed E-state index contributed by atoms with van der Waals surface area (Å²) in [5.74, 6) is 0.0498. The Kier molecular flexibility index (Phi) is 6.59. The molecule has 0 spiro atoms. The number of Topliss-reactive ketones (excluding diaryl/α,β-unsaturated/α-hetero) is 1. The number of carbonyl (C=O) groups is 2. The second kappa shape index (κ2) is 8.48. The molecule has 1 saturated heterocycles. The molecule has 138 valence electrons. The van der Waals surface area contributed by atoms with E-state index >= 15 is 0 Å². The first kappa shape index (κ1) is 19.4. The lowest BCUT2D eigenvalue weighted by Gasteiger charge is -2.41. The quantitative estimate of drug-likeness (QED) is 0.809. The molecule has 0 aromatic heterocycles. The molecule has 5 heteroatoms. The van der Waals surface area contributed by atoms with E-state index in [2.05, 4.69) is 0 Å². The SMILES string of the molecule is CC(=O)C[C@H]1[C@@H](OCc2ccccc2)CCCN1C(=O)OC(C)(C)C. The Labute approximate surface area is 150 Å². The Morgan fingerprint density at radius 1 is 1.20 bits per heavy atom. The van der Waals surface area contributed by atoms with E-state index in [-0.39, 0.29) is 24.0 Å². The second-order valence-electron chi connectivity index (χ2n) is 7.62. The summed E-state index contributed by atoms with van der Waals surface area (Å²) in [6.07, 6.45) is 1.44. The summed E-state index contributed by atoms with van der Waals surface area (Å²) in [5, 5.41) is 0. The minimum atomic E-state index is -0.560. The van der Waals surface area contributed by atoms with Gasteiger partial charge in [-0.15, -0.1) is 0 Å². The monoisotopic (exact) mass is 347 g/mol. The van der Waals surface area contributed by atoms with Crippen molar-refractivity contribution in [2.45, 2.75) is 71.3 Å². The molecular formula is C20H29NO4. The van der Waals surface area contributed by atoms with Crippen molar-refractivity contribution < 1.29 is 19.1 Å². The average Bonchev–Trinajstić information content (AvgIpc) is 2.52. The number of ketones is 1. The normalized spacial score (nSPS) is 21.0. The maximum Gasteiger partial charge on any atom is 0.410 e. The fraction of sp³-hybridized carbons (Fsp3) is 0.600. The van der Waals surface area contributed by atoms with Gasteiger partial charge in [0.15, 0.2) is 0 Å². The zero-order chi connectivity index (χ0) is 18.4. The van der Waals surface area contributed by atoms with Gasteiger partial charge in [-0.1, -0.05) is 30.3 Å². The lowest BCUT2D eigenvalue weighted by molar-refractivity contribution is -0.121. The van der Waals surface area contributed by atoms with Crippen molar-refractivity contribution in [3.8, 4) is 0 Å². The van der Waals surface area contributed by atoms with Gasteiger partial charge in [0.25, 0.3) is 0 Å². The molecule has 1 heterocycles. The molecule has 1 fully saturated rings. The number of piperidine rings is 1. The average molecular weight is 347 g/mol. The molecule has 0 N–H and O–H groups in total. The van der Waals surface area contributed by atoms with Gasteiger partial charge in [0.2, 0.25) is 0 Å². The summed E-state index contributed by atoms with van der Waals surface area (Å²) in [4.78, 5) is 26.0. The van der Waals surface area contributed by atoms with Crippen LogP contribution in [-0.4, -0.2) is 41.1 Å². The predicted octanol–water partition coefficient (Wildman–Crippen LogP) is 3.95. The molecule has 1 amide bonds. The topological polar surface area (TPSA) is 55.8 Å². The lowest BCUT2D eigenvalue weighted by atomic mass is 9.95. The number of rotatable bonds is 5. The number of carbonyl (C=O) groups excluding carboxylic acids is 2. The Morgan fingerprint density at radius 2 is 1.88 bits per heavy atom. The number of likely N-dealkylation sites (tertiary alicyclic amines) is 1. The Balaban J connectivity index is 2.08. The van der Waals surface area contributed by atoms with Crippen LogP contribution < -0.4 is 0 Å². The van der Waals surface area contributed by atoms with Crippen LogP contribution in [0.5, 0.6) is 0 Å². The molecule has 0 aliphatic carbocycles. The molecule has 1 aliphatic heterocycles. The fourth-order valence-electron chi connectivity index (χ4n) is 3.08. The third-order valence-electron chi connectivity index (χ3n) is 4.15. The van der Waals surface area contributed by atoms with Crippen LogP contribution in [0.2, 0.25) is 0 Å². The molecule has 0 saturated carbocycles. The lowest BCUT2D eigenvalue weighted by Crippen LogP contribution is -2.53. The highest BCUT2D eigenvalue weighted by molar-refractivity contribution is 5.77. The number of amides is 1. The first-order chi connectivity index (χ1) is 11.8. The highest BCUT2D eigenvalue weighted by Crippen LogP contribution is 2.26. The van der Waals surface area contributed by atoms with Gasteiger partial charge in [-0.25, -0.2) is 4.79 Å². The molecule has 1 aromatic carbocycles. The van der Waals surface area contributed by atoms with Crippen molar-refractivity contribution in [2.75, 3.05) is 6.54 Å². The molecule has 25 heavy (non-hydrogen) atoms. The predicted molar refractivity (Wildman–Crippen MR) is 96.3 cm³/mol. The van der Waals surface area contributed by atoms with E-state index in [1.165, 1.54) is 0 Å². The number of benzene rings is 1. The second-order valence-corrected chi connectivity index (χ2v) is 7.62. The van der Waals surface area contributed by atoms with Crippen LogP contribution in [0.15, 0.2) is 30.3 Å². The van der Waals surface area contributed by atoms with Gasteiger partial charge in [-0.3, -0.25) is 4.79 Å². The van der Waals surface area contributed by atoms with E-state index in [0.717, 1.165) is 18.4 Å². The largest absolute Gasteiger partial charge is 0.444 e. The van der Waals surface area contributed by atoms with Gasteiger partial charge >= 0.3 is 6.09 Å². The van der Waals surface area contributed by atoms with Gasteiger partial charge in [0, 0.05) is 13.0 Å². The van der Waals surface area contributed by atoms with Crippen LogP contribution >= 0.6 is 0 Å². The summed E-state index contributed by atoms with van der Waals surface area (Å²) in [6, 6.07) is 9.65. The van der Waals surface area contributed by atoms with Crippen molar-refractivity contribution >= 4 is 11.9 Å². The third-order valence-corrected chi connectivity index (χ3v) is 4.15. The smallest absolute Gasteiger partial charge is 0.410 e. The standard InChI is InChI=1S/C20H29NO4/c1-15(22)13-17-18(24-14-16-9-6-5-7-10-16)11-8-12-21(17)19(23)25-20(2,3)4/h5-7,9-10,17-18H,8,11-14H2,1-4H3/t17-,18-/m0/s1. The van der Waals surface area contributed by atoms with Gasteiger partial charge in [-0.2, -0.15) is 0 Å². The van der Waals surface area contributed by atoms with Crippen molar-refractivity contribution in [3.05, 3.63) is 35.9 Å². The fourth-order valence-corrected chi connectivity index (χ4v) is 3.08. The molecule has 0 unspecified atom stereocenters. The molecular weight excluding hydrogens is 318 g/mol. The highest BCUT2D eigenvalue weighted by atomic mass is 16.6. The minimum Gasteiger partial charge on any atom is -0.444 e. The number of ether oxygens (including phenoxy) is 2. The molecule has 2 atom stereocenters. The number of nitrogens with zero attached hydrogens (tertiary/aromatic N) is 1. The van der Waals surface area contributed by atoms with Crippen molar-refractivity contribution in [1.29, 1.82) is 0 Å². The van der Waals surface area contributed by atoms with E-state index in [4.69, 9.17) is 9.47 Å². The number of hydrogen-bond donors (Lipinski definition) is 0. The number of hydrogen-bond acceptors (Lipinski definition) is 4. The van der Waals surface area contributed by atoms with E-state index in [1.807, 2.05) is 51.1 Å². The van der Waals surface area contributed by atoms with Crippen LogP contribution in [-0.2, 0) is 20.9 Å². The van der Waals surface area contributed by atoms with E-state index in [0.29, 0.717) is 19.6 Å². The van der Waals surface area contributed by atoms with Crippen LogP contribution in [0.25, 0.3) is 0 Å². The van der Waals surface area contributed by atoms with E-state index < -0.39 is 5.60 Å². The molecule has 0 bridgehead atoms. The highest BCUT2D eigenvalue weighted by Gasteiger charge is 2.37. The molecule has 2 rings (SSSR count). The summed E-state index contributed by atoms with van der Waals surface area (Å²) in [5.41, 5.74) is 0.522. The van der Waals surface area contributed by atoms with E-state index in [9.17, 15) is 9.59 Å². The van der Waals surface area contributed by atoms with Gasteiger partial charge in [-0.05, 0) is 46.1 Å². The zero-order valence-electron chi connectivity index (χ0n) is 15.7. The molecule has 1 aromatic rings. The van der Waals surface area contributed by atoms with Gasteiger partial charge in [0.1, 0.15) is 11.4 Å². The van der Waals surface area contributed by atoms with Crippen LogP contribution in [0.4, 0.5) is 4.79 Å². The molecule has 0 radical (unpaired) electrons. The van der Waals surface area contributed by atoms with Crippen molar-refractivity contribution in [3.63, 3.8) is 0 Å². The van der Waals surface area contributed by atoms with Gasteiger partial charge in [0.05, 0.1) is 18.8 Å². The van der Waals surface area contributed by atoms with E-state index in [1.54, 1.807) is 11.8 Å². The Bertz CT molecular complexity index is 579. The zero-order valence-corrected chi connectivity index (χ0v) is 15.7.